The molecule has 0 amide bonds. The Bertz CT molecular complexity index is 983. The third-order valence-electron chi connectivity index (χ3n) is 4.03. The number of hydrogen-bond acceptors (Lipinski definition) is 8. The van der Waals surface area contributed by atoms with Gasteiger partial charge in [-0.25, -0.2) is 9.18 Å². The number of aliphatic hydroxyl groups is 1. The number of phosphoric acid groups is 1. The van der Waals surface area contributed by atoms with Crippen molar-refractivity contribution in [2.24, 2.45) is 0 Å². The average Bonchev–Trinajstić information content (AvgIpc) is 2.94. The lowest BCUT2D eigenvalue weighted by Gasteiger charge is -2.30. The fraction of sp³-hybridized carbons (Fsp3) is 0.333. The van der Waals surface area contributed by atoms with E-state index in [1.54, 1.807) is 0 Å². The van der Waals surface area contributed by atoms with Gasteiger partial charge >= 0.3 is 5.69 Å². The molecular weight excluding hydrogens is 386 g/mol. The highest BCUT2D eigenvalue weighted by atomic mass is 31.2. The Hall–Kier alpha value is -2.14. The minimum absolute atomic E-state index is 0.0657. The van der Waals surface area contributed by atoms with E-state index in [4.69, 9.17) is 4.74 Å². The van der Waals surface area contributed by atoms with Crippen molar-refractivity contribution in [1.29, 1.82) is 0 Å². The van der Waals surface area contributed by atoms with Crippen LogP contribution in [0.2, 0.25) is 0 Å². The summed E-state index contributed by atoms with van der Waals surface area (Å²) in [5, 5.41) is 9.95. The molecule has 0 saturated carbocycles. The molecule has 146 valence electrons. The van der Waals surface area contributed by atoms with E-state index in [1.165, 1.54) is 18.3 Å². The Morgan fingerprint density at radius 2 is 2.00 bits per heavy atom. The van der Waals surface area contributed by atoms with Crippen molar-refractivity contribution >= 4 is 7.82 Å². The van der Waals surface area contributed by atoms with E-state index in [-0.39, 0.29) is 12.0 Å². The summed E-state index contributed by atoms with van der Waals surface area (Å²) >= 11 is 0. The average molecular weight is 400 g/mol. The van der Waals surface area contributed by atoms with Gasteiger partial charge in [-0.15, -0.1) is 0 Å². The van der Waals surface area contributed by atoms with Gasteiger partial charge in [-0.1, -0.05) is 12.1 Å². The molecule has 10 nitrogen and oxygen atoms in total. The first-order valence-electron chi connectivity index (χ1n) is 7.75. The van der Waals surface area contributed by atoms with Crippen LogP contribution in [-0.2, 0) is 13.8 Å². The third kappa shape index (κ3) is 4.59. The zero-order chi connectivity index (χ0) is 19.8. The van der Waals surface area contributed by atoms with Crippen molar-refractivity contribution < 1.29 is 33.1 Å². The minimum atomic E-state index is -5.24. The van der Waals surface area contributed by atoms with E-state index < -0.39 is 49.9 Å². The third-order valence-corrected chi connectivity index (χ3v) is 4.50. The quantitative estimate of drug-likeness (QED) is 0.595. The van der Waals surface area contributed by atoms with Gasteiger partial charge in [0.25, 0.3) is 5.56 Å². The number of nitrogens with zero attached hydrogens (tertiary/aromatic N) is 1. The summed E-state index contributed by atoms with van der Waals surface area (Å²) in [6.45, 7) is -0.704. The Morgan fingerprint density at radius 1 is 1.33 bits per heavy atom. The van der Waals surface area contributed by atoms with Crippen LogP contribution in [-0.4, -0.2) is 33.5 Å². The molecule has 1 aliphatic rings. The van der Waals surface area contributed by atoms with Gasteiger partial charge in [0, 0.05) is 12.6 Å². The number of aromatic nitrogens is 2. The van der Waals surface area contributed by atoms with Gasteiger partial charge in [0.15, 0.2) is 0 Å². The largest absolute Gasteiger partial charge is 0.790 e. The Kier molecular flexibility index (Phi) is 5.43. The van der Waals surface area contributed by atoms with Crippen molar-refractivity contribution in [2.75, 3.05) is 6.61 Å². The second-order valence-corrected chi connectivity index (χ2v) is 7.04. The molecule has 1 saturated heterocycles. The number of H-pyrrole nitrogens is 1. The van der Waals surface area contributed by atoms with Crippen LogP contribution in [0.25, 0.3) is 11.1 Å². The Labute approximate surface area is 151 Å². The summed E-state index contributed by atoms with van der Waals surface area (Å²) < 4.78 is 34.1. The van der Waals surface area contributed by atoms with E-state index >= 15 is 0 Å². The van der Waals surface area contributed by atoms with Crippen LogP contribution in [0.5, 0.6) is 0 Å². The van der Waals surface area contributed by atoms with Crippen molar-refractivity contribution in [3.63, 3.8) is 0 Å². The van der Waals surface area contributed by atoms with Gasteiger partial charge < -0.3 is 28.7 Å². The van der Waals surface area contributed by atoms with Crippen molar-refractivity contribution in [3.05, 3.63) is 57.1 Å². The van der Waals surface area contributed by atoms with E-state index in [0.717, 1.165) is 16.7 Å². The first-order valence-corrected chi connectivity index (χ1v) is 9.21. The zero-order valence-corrected chi connectivity index (χ0v) is 14.5. The molecule has 0 radical (unpaired) electrons. The van der Waals surface area contributed by atoms with Crippen LogP contribution >= 0.6 is 7.82 Å². The maximum Gasteiger partial charge on any atom is 0.330 e. The molecule has 1 aromatic carbocycles. The highest BCUT2D eigenvalue weighted by Gasteiger charge is 2.36. The molecule has 3 rings (SSSR count). The number of halogens is 1. The first-order chi connectivity index (χ1) is 12.6. The lowest BCUT2D eigenvalue weighted by atomic mass is 10.1. The fourth-order valence-corrected chi connectivity index (χ4v) is 3.06. The van der Waals surface area contributed by atoms with E-state index in [0.29, 0.717) is 5.56 Å². The number of ether oxygens (including phenoxy) is 1. The molecule has 2 aromatic rings. The molecule has 1 fully saturated rings. The molecule has 0 unspecified atom stereocenters. The standard InChI is InChI=1S/C15H16FN2O8P/c16-9-3-1-8(2-4-9)10-6-18(15(21)17-14(10)20)13-5-11(19)12(26-13)7-25-27(22,23)24/h1-4,6,11-13,19H,5,7H2,(H,17,20,21)(H2,22,23,24)/p-2/t11-,12+,13+/m0/s1. The Morgan fingerprint density at radius 3 is 2.63 bits per heavy atom. The van der Waals surface area contributed by atoms with E-state index in [1.807, 2.05) is 0 Å². The lowest BCUT2D eigenvalue weighted by Crippen LogP contribution is -2.33. The summed E-state index contributed by atoms with van der Waals surface area (Å²) in [7, 11) is -5.24. The van der Waals surface area contributed by atoms with Gasteiger partial charge in [0.05, 0.1) is 26.1 Å². The maximum absolute atomic E-state index is 13.1. The summed E-state index contributed by atoms with van der Waals surface area (Å²) in [4.78, 5) is 47.4. The highest BCUT2D eigenvalue weighted by molar-refractivity contribution is 7.43. The summed E-state index contributed by atoms with van der Waals surface area (Å²) in [5.41, 5.74) is -1.10. The molecule has 0 aliphatic carbocycles. The predicted octanol–water partition coefficient (Wildman–Crippen LogP) is -1.16. The molecule has 27 heavy (non-hydrogen) atoms. The summed E-state index contributed by atoms with van der Waals surface area (Å²) in [6, 6.07) is 5.01. The van der Waals surface area contributed by atoms with Crippen LogP contribution < -0.4 is 21.0 Å². The van der Waals surface area contributed by atoms with Crippen molar-refractivity contribution in [1.82, 2.24) is 9.55 Å². The number of aromatic amines is 1. The molecule has 0 spiro atoms. The molecule has 1 aromatic heterocycles. The first kappa shape index (κ1) is 19.6. The number of rotatable bonds is 5. The lowest BCUT2D eigenvalue weighted by molar-refractivity contribution is -0.343. The number of hydrogen-bond donors (Lipinski definition) is 2. The molecule has 3 atom stereocenters. The number of nitrogens with one attached hydrogen (secondary N) is 1. The van der Waals surface area contributed by atoms with Gasteiger partial charge in [-0.2, -0.15) is 0 Å². The van der Waals surface area contributed by atoms with Crippen LogP contribution in [0.15, 0.2) is 40.1 Å². The van der Waals surface area contributed by atoms with Crippen molar-refractivity contribution in [3.8, 4) is 11.1 Å². The van der Waals surface area contributed by atoms with Crippen LogP contribution in [0.1, 0.15) is 12.6 Å². The number of phosphoric ester groups is 1. The predicted molar refractivity (Wildman–Crippen MR) is 84.8 cm³/mol. The monoisotopic (exact) mass is 400 g/mol. The molecule has 1 aliphatic heterocycles. The normalized spacial score (nSPS) is 22.9. The topological polar surface area (TPSA) is 157 Å². The highest BCUT2D eigenvalue weighted by Crippen LogP contribution is 2.32. The summed E-state index contributed by atoms with van der Waals surface area (Å²) in [6.07, 6.45) is -2.30. The zero-order valence-electron chi connectivity index (χ0n) is 13.6. The van der Waals surface area contributed by atoms with Gasteiger partial charge in [-0.3, -0.25) is 14.3 Å². The fourth-order valence-electron chi connectivity index (χ4n) is 2.73. The summed E-state index contributed by atoms with van der Waals surface area (Å²) in [5.74, 6) is -0.498. The van der Waals surface area contributed by atoms with E-state index in [9.17, 15) is 33.4 Å². The minimum Gasteiger partial charge on any atom is -0.790 e. The van der Waals surface area contributed by atoms with E-state index in [2.05, 4.69) is 9.51 Å². The van der Waals surface area contributed by atoms with Gasteiger partial charge in [0.1, 0.15) is 18.1 Å². The van der Waals surface area contributed by atoms with Crippen LogP contribution in [0.3, 0.4) is 0 Å². The SMILES string of the molecule is O=c1[nH]c(=O)n([C@H]2C[C@H](O)[C@@H](COP(=O)([O-])[O-])O2)cc1-c1ccc(F)cc1. The van der Waals surface area contributed by atoms with Crippen LogP contribution in [0.4, 0.5) is 4.39 Å². The van der Waals surface area contributed by atoms with Crippen LogP contribution in [0, 0.1) is 5.82 Å². The molecule has 12 heteroatoms. The molecule has 2 heterocycles. The Balaban J connectivity index is 1.88. The maximum atomic E-state index is 13.1. The number of benzene rings is 1. The molecule has 2 N–H and O–H groups in total. The molecule has 0 bridgehead atoms. The van der Waals surface area contributed by atoms with Gasteiger partial charge in [0.2, 0.25) is 0 Å². The van der Waals surface area contributed by atoms with Gasteiger partial charge in [-0.05, 0) is 17.7 Å². The second-order valence-electron chi connectivity index (χ2n) is 5.89. The number of aliphatic hydroxyl groups excluding tert-OH is 1. The van der Waals surface area contributed by atoms with Crippen molar-refractivity contribution in [2.45, 2.75) is 24.9 Å². The smallest absolute Gasteiger partial charge is 0.330 e. The second kappa shape index (κ2) is 7.47. The molecular formula is C15H14FN2O8P-2.